The van der Waals surface area contributed by atoms with Gasteiger partial charge in [0.25, 0.3) is 12.3 Å². The molecule has 0 spiro atoms. The Bertz CT molecular complexity index is 788. The lowest BCUT2D eigenvalue weighted by Gasteiger charge is -2.32. The lowest BCUT2D eigenvalue weighted by atomic mass is 10.00. The van der Waals surface area contributed by atoms with Crippen molar-refractivity contribution in [2.45, 2.75) is 37.8 Å². The van der Waals surface area contributed by atoms with E-state index in [1.54, 1.807) is 12.1 Å². The summed E-state index contributed by atoms with van der Waals surface area (Å²) in [6.45, 7) is 0. The van der Waals surface area contributed by atoms with Gasteiger partial charge < -0.3 is 10.6 Å². The van der Waals surface area contributed by atoms with Crippen LogP contribution in [0.15, 0.2) is 34.9 Å². The molecule has 1 saturated carbocycles. The number of halogens is 3. The minimum absolute atomic E-state index is 0.0255. The van der Waals surface area contributed by atoms with Crippen LogP contribution in [-0.4, -0.2) is 28.2 Å². The first-order chi connectivity index (χ1) is 12.0. The van der Waals surface area contributed by atoms with Crippen LogP contribution in [0.4, 0.5) is 20.3 Å². The highest BCUT2D eigenvalue weighted by Crippen LogP contribution is 2.42. The molecule has 0 radical (unpaired) electrons. The van der Waals surface area contributed by atoms with Gasteiger partial charge in [0.15, 0.2) is 0 Å². The number of carbonyl (C=O) groups excluding carboxylic acids is 1. The Kier molecular flexibility index (Phi) is 4.23. The fourth-order valence-electron chi connectivity index (χ4n) is 3.27. The topological polar surface area (TPSA) is 59.0 Å². The second-order valence-corrected chi connectivity index (χ2v) is 7.45. The van der Waals surface area contributed by atoms with E-state index in [9.17, 15) is 13.6 Å². The predicted molar refractivity (Wildman–Crippen MR) is 94.1 cm³/mol. The fraction of sp³-hybridized carbons (Fsp3) is 0.412. The minimum atomic E-state index is -2.51. The van der Waals surface area contributed by atoms with Gasteiger partial charge in [0.2, 0.25) is 0 Å². The molecule has 0 saturated heterocycles. The molecule has 2 heterocycles. The summed E-state index contributed by atoms with van der Waals surface area (Å²) in [6, 6.07) is 6.15. The van der Waals surface area contributed by atoms with Gasteiger partial charge in [-0.25, -0.2) is 13.5 Å². The maximum absolute atomic E-state index is 13.5. The third kappa shape index (κ3) is 3.27. The summed E-state index contributed by atoms with van der Waals surface area (Å²) in [4.78, 5) is 12.6. The highest BCUT2D eigenvalue weighted by atomic mass is 79.9. The number of nitrogens with zero attached hydrogens (tertiary/aromatic N) is 2. The second kappa shape index (κ2) is 6.40. The average molecular weight is 411 g/mol. The van der Waals surface area contributed by atoms with E-state index in [-0.39, 0.29) is 11.9 Å². The van der Waals surface area contributed by atoms with Gasteiger partial charge in [-0.2, -0.15) is 5.10 Å². The molecule has 5 nitrogen and oxygen atoms in total. The number of anilines is 2. The SMILES string of the molecule is O=C(Nc1ccc(Br)cc1)c1cnn2c1N[C@@H](C1CC1)C[C@@H]2C(F)F. The van der Waals surface area contributed by atoms with E-state index in [2.05, 4.69) is 31.7 Å². The Morgan fingerprint density at radius 1 is 1.32 bits per heavy atom. The molecule has 0 bridgehead atoms. The average Bonchev–Trinajstić information content (AvgIpc) is 3.35. The Labute approximate surface area is 151 Å². The van der Waals surface area contributed by atoms with Crippen LogP contribution in [0, 0.1) is 5.92 Å². The number of nitrogens with one attached hydrogen (secondary N) is 2. The molecule has 2 N–H and O–H groups in total. The molecule has 25 heavy (non-hydrogen) atoms. The van der Waals surface area contributed by atoms with Gasteiger partial charge in [-0.3, -0.25) is 4.79 Å². The van der Waals surface area contributed by atoms with Crippen molar-refractivity contribution in [3.8, 4) is 0 Å². The van der Waals surface area contributed by atoms with Crippen LogP contribution in [0.25, 0.3) is 0 Å². The van der Waals surface area contributed by atoms with Gasteiger partial charge >= 0.3 is 0 Å². The van der Waals surface area contributed by atoms with E-state index in [0.29, 0.717) is 29.4 Å². The quantitative estimate of drug-likeness (QED) is 0.789. The van der Waals surface area contributed by atoms with Crippen LogP contribution < -0.4 is 10.6 Å². The van der Waals surface area contributed by atoms with E-state index in [1.807, 2.05) is 12.1 Å². The van der Waals surface area contributed by atoms with Crippen LogP contribution >= 0.6 is 15.9 Å². The van der Waals surface area contributed by atoms with Crippen molar-refractivity contribution in [1.29, 1.82) is 0 Å². The largest absolute Gasteiger partial charge is 0.367 e. The standard InChI is InChI=1S/C17H17BrF2N4O/c18-10-3-5-11(6-4-10)22-17(25)12-8-21-24-14(15(19)20)7-13(9-1-2-9)23-16(12)24/h3-6,8-9,13-15,23H,1-2,7H2,(H,22,25)/t13-,14-/m1/s1. The monoisotopic (exact) mass is 410 g/mol. The van der Waals surface area contributed by atoms with Gasteiger partial charge in [0.1, 0.15) is 17.4 Å². The zero-order valence-corrected chi connectivity index (χ0v) is 14.8. The first kappa shape index (κ1) is 16.5. The summed E-state index contributed by atoms with van der Waals surface area (Å²) in [5.74, 6) is 0.441. The van der Waals surface area contributed by atoms with Crippen molar-refractivity contribution in [3.63, 3.8) is 0 Å². The molecule has 8 heteroatoms. The third-order valence-electron chi connectivity index (χ3n) is 4.76. The number of hydrogen-bond acceptors (Lipinski definition) is 3. The molecule has 1 aromatic heterocycles. The number of hydrogen-bond donors (Lipinski definition) is 2. The smallest absolute Gasteiger partial charge is 0.261 e. The molecule has 1 aliphatic carbocycles. The van der Waals surface area contributed by atoms with Crippen molar-refractivity contribution in [2.24, 2.45) is 5.92 Å². The number of amides is 1. The van der Waals surface area contributed by atoms with Gasteiger partial charge in [0.05, 0.1) is 6.20 Å². The molecule has 1 amide bonds. The maximum Gasteiger partial charge on any atom is 0.261 e. The van der Waals surface area contributed by atoms with Crippen molar-refractivity contribution in [1.82, 2.24) is 9.78 Å². The van der Waals surface area contributed by atoms with Crippen molar-refractivity contribution >= 4 is 33.3 Å². The summed E-state index contributed by atoms with van der Waals surface area (Å²) >= 11 is 3.34. The zero-order valence-electron chi connectivity index (χ0n) is 13.3. The second-order valence-electron chi connectivity index (χ2n) is 6.54. The molecular weight excluding hydrogens is 394 g/mol. The predicted octanol–water partition coefficient (Wildman–Crippen LogP) is 4.30. The molecule has 0 unspecified atom stereocenters. The minimum Gasteiger partial charge on any atom is -0.367 e. The number of alkyl halides is 2. The molecule has 132 valence electrons. The van der Waals surface area contributed by atoms with Crippen LogP contribution in [-0.2, 0) is 0 Å². The van der Waals surface area contributed by atoms with Crippen LogP contribution in [0.3, 0.4) is 0 Å². The van der Waals surface area contributed by atoms with Crippen molar-refractivity contribution in [3.05, 3.63) is 40.5 Å². The lowest BCUT2D eigenvalue weighted by Crippen LogP contribution is -2.37. The summed E-state index contributed by atoms with van der Waals surface area (Å²) in [6.07, 6.45) is 1.28. The van der Waals surface area contributed by atoms with Crippen LogP contribution in [0.5, 0.6) is 0 Å². The van der Waals surface area contributed by atoms with E-state index in [1.165, 1.54) is 10.9 Å². The summed E-state index contributed by atoms with van der Waals surface area (Å²) in [5.41, 5.74) is 0.923. The molecular formula is C17H17BrF2N4O. The Hall–Kier alpha value is -1.96. The molecule has 1 aromatic carbocycles. The first-order valence-corrected chi connectivity index (χ1v) is 9.01. The zero-order chi connectivity index (χ0) is 17.6. The third-order valence-corrected chi connectivity index (χ3v) is 5.28. The summed E-state index contributed by atoms with van der Waals surface area (Å²) < 4.78 is 29.1. The summed E-state index contributed by atoms with van der Waals surface area (Å²) in [7, 11) is 0. The van der Waals surface area contributed by atoms with E-state index in [4.69, 9.17) is 0 Å². The van der Waals surface area contributed by atoms with E-state index >= 15 is 0 Å². The fourth-order valence-corrected chi connectivity index (χ4v) is 3.53. The van der Waals surface area contributed by atoms with Gasteiger partial charge in [0, 0.05) is 16.2 Å². The lowest BCUT2D eigenvalue weighted by molar-refractivity contribution is 0.0644. The summed E-state index contributed by atoms with van der Waals surface area (Å²) in [5, 5.41) is 10.1. The highest BCUT2D eigenvalue weighted by Gasteiger charge is 2.41. The molecule has 4 rings (SSSR count). The first-order valence-electron chi connectivity index (χ1n) is 8.22. The Balaban J connectivity index is 1.60. The molecule has 1 fully saturated rings. The van der Waals surface area contributed by atoms with E-state index in [0.717, 1.165) is 17.3 Å². The van der Waals surface area contributed by atoms with Crippen molar-refractivity contribution < 1.29 is 13.6 Å². The number of aromatic nitrogens is 2. The maximum atomic E-state index is 13.5. The number of carbonyl (C=O) groups is 1. The van der Waals surface area contributed by atoms with Crippen LogP contribution in [0.1, 0.15) is 35.7 Å². The van der Waals surface area contributed by atoms with E-state index < -0.39 is 12.5 Å². The van der Waals surface area contributed by atoms with Gasteiger partial charge in [-0.1, -0.05) is 15.9 Å². The van der Waals surface area contributed by atoms with Gasteiger partial charge in [-0.05, 0) is 49.4 Å². The van der Waals surface area contributed by atoms with Crippen molar-refractivity contribution in [2.75, 3.05) is 10.6 Å². The Morgan fingerprint density at radius 2 is 2.04 bits per heavy atom. The highest BCUT2D eigenvalue weighted by molar-refractivity contribution is 9.10. The normalized spacial score (nSPS) is 22.4. The number of benzene rings is 1. The molecule has 2 aliphatic rings. The number of rotatable bonds is 4. The Morgan fingerprint density at radius 3 is 2.68 bits per heavy atom. The number of fused-ring (bicyclic) bond motifs is 1. The molecule has 1 aliphatic heterocycles. The van der Waals surface area contributed by atoms with Gasteiger partial charge in [-0.15, -0.1) is 0 Å². The molecule has 2 atom stereocenters. The van der Waals surface area contributed by atoms with Crippen LogP contribution in [0.2, 0.25) is 0 Å². The molecule has 2 aromatic rings.